The molecule has 0 radical (unpaired) electrons. The van der Waals surface area contributed by atoms with Crippen LogP contribution in [-0.2, 0) is 5.41 Å². The molecule has 244 valence electrons. The van der Waals surface area contributed by atoms with Crippen LogP contribution in [0.3, 0.4) is 0 Å². The van der Waals surface area contributed by atoms with Gasteiger partial charge in [-0.15, -0.1) is 11.3 Å². The highest BCUT2D eigenvalue weighted by Crippen LogP contribution is 2.53. The first kappa shape index (κ1) is 29.7. The second-order valence-electron chi connectivity index (χ2n) is 14.9. The summed E-state index contributed by atoms with van der Waals surface area (Å²) in [5, 5.41) is 10.4. The summed E-state index contributed by atoms with van der Waals surface area (Å²) in [6.45, 7) is 4.78. The highest BCUT2D eigenvalue weighted by molar-refractivity contribution is 7.25. The lowest BCUT2D eigenvalue weighted by atomic mass is 9.81. The maximum atomic E-state index is 2.48. The molecule has 0 saturated carbocycles. The van der Waals surface area contributed by atoms with E-state index < -0.39 is 0 Å². The molecule has 0 amide bonds. The first-order valence-corrected chi connectivity index (χ1v) is 19.0. The van der Waals surface area contributed by atoms with Crippen molar-refractivity contribution in [1.82, 2.24) is 0 Å². The fourth-order valence-corrected chi connectivity index (χ4v) is 10.2. The zero-order chi connectivity index (χ0) is 34.6. The molecule has 1 aliphatic rings. The van der Waals surface area contributed by atoms with E-state index in [4.69, 9.17) is 0 Å². The van der Waals surface area contributed by atoms with Gasteiger partial charge in [-0.2, -0.15) is 0 Å². The quantitative estimate of drug-likeness (QED) is 0.163. The molecule has 0 bridgehead atoms. The van der Waals surface area contributed by atoms with Gasteiger partial charge in [-0.3, -0.25) is 0 Å². The number of hydrogen-bond acceptors (Lipinski definition) is 1. The van der Waals surface area contributed by atoms with Gasteiger partial charge < -0.3 is 0 Å². The summed E-state index contributed by atoms with van der Waals surface area (Å²) in [7, 11) is 0. The molecule has 52 heavy (non-hydrogen) atoms. The molecule has 0 spiro atoms. The molecule has 9 aromatic carbocycles. The zero-order valence-electron chi connectivity index (χ0n) is 29.1. The third-order valence-electron chi connectivity index (χ3n) is 11.6. The molecule has 0 atom stereocenters. The Morgan fingerprint density at radius 3 is 1.63 bits per heavy atom. The van der Waals surface area contributed by atoms with E-state index in [0.717, 1.165) is 0 Å². The normalized spacial score (nSPS) is 13.3. The number of rotatable bonds is 3. The van der Waals surface area contributed by atoms with Crippen molar-refractivity contribution < 1.29 is 0 Å². The number of benzene rings is 9. The average molecular weight is 679 g/mol. The van der Waals surface area contributed by atoms with Crippen molar-refractivity contribution in [2.24, 2.45) is 0 Å². The summed E-state index contributed by atoms with van der Waals surface area (Å²) >= 11 is 1.91. The van der Waals surface area contributed by atoms with Crippen molar-refractivity contribution >= 4 is 63.8 Å². The molecule has 0 saturated heterocycles. The fraction of sp³-hybridized carbons (Fsp3) is 0.0588. The van der Waals surface area contributed by atoms with Crippen LogP contribution in [0, 0.1) is 0 Å². The van der Waals surface area contributed by atoms with Crippen LogP contribution in [0.25, 0.3) is 97.0 Å². The number of thiophene rings is 1. The monoisotopic (exact) mass is 678 g/mol. The van der Waals surface area contributed by atoms with E-state index in [2.05, 4.69) is 184 Å². The van der Waals surface area contributed by atoms with E-state index in [1.807, 2.05) is 11.3 Å². The van der Waals surface area contributed by atoms with Gasteiger partial charge in [0.25, 0.3) is 0 Å². The third-order valence-corrected chi connectivity index (χ3v) is 12.8. The van der Waals surface area contributed by atoms with E-state index in [9.17, 15) is 0 Å². The highest BCUT2D eigenvalue weighted by atomic mass is 32.1. The Morgan fingerprint density at radius 1 is 0.346 bits per heavy atom. The molecule has 11 rings (SSSR count). The van der Waals surface area contributed by atoms with Gasteiger partial charge in [0.15, 0.2) is 0 Å². The predicted octanol–water partition coefficient (Wildman–Crippen LogP) is 14.8. The largest absolute Gasteiger partial charge is 0.135 e. The van der Waals surface area contributed by atoms with Crippen molar-refractivity contribution in [3.05, 3.63) is 181 Å². The number of hydrogen-bond donors (Lipinski definition) is 0. The molecule has 1 heteroatoms. The van der Waals surface area contributed by atoms with Gasteiger partial charge in [0.2, 0.25) is 0 Å². The predicted molar refractivity (Wildman–Crippen MR) is 226 cm³/mol. The van der Waals surface area contributed by atoms with Gasteiger partial charge in [0.05, 0.1) is 0 Å². The summed E-state index contributed by atoms with van der Waals surface area (Å²) < 4.78 is 2.72. The molecule has 10 aromatic rings. The molecule has 0 nitrogen and oxygen atoms in total. The second-order valence-corrected chi connectivity index (χ2v) is 15.9. The minimum Gasteiger partial charge on any atom is -0.135 e. The van der Waals surface area contributed by atoms with Gasteiger partial charge >= 0.3 is 0 Å². The van der Waals surface area contributed by atoms with Gasteiger partial charge in [-0.25, -0.2) is 0 Å². The van der Waals surface area contributed by atoms with Gasteiger partial charge in [0.1, 0.15) is 0 Å². The van der Waals surface area contributed by atoms with Crippen molar-refractivity contribution in [2.75, 3.05) is 0 Å². The molecule has 1 aliphatic carbocycles. The Balaban J connectivity index is 1.12. The summed E-state index contributed by atoms with van der Waals surface area (Å²) in [4.78, 5) is 0. The molecule has 0 unspecified atom stereocenters. The summed E-state index contributed by atoms with van der Waals surface area (Å²) in [6.07, 6.45) is 0. The minimum absolute atomic E-state index is 0.0789. The van der Waals surface area contributed by atoms with Crippen LogP contribution in [0.4, 0.5) is 0 Å². The maximum Gasteiger partial charge on any atom is 0.0361 e. The van der Waals surface area contributed by atoms with Gasteiger partial charge in [-0.1, -0.05) is 147 Å². The molecule has 0 aliphatic heterocycles. The topological polar surface area (TPSA) is 0 Å². The van der Waals surface area contributed by atoms with Crippen LogP contribution in [0.2, 0.25) is 0 Å². The lowest BCUT2D eigenvalue weighted by Gasteiger charge is -2.22. The third kappa shape index (κ3) is 4.27. The SMILES string of the molecule is CC1(C)c2ccc(-c3c4ccccc4c(-c4cccc(-c5ccc6ccccc6c5)c4)c4ccccc34)cc2-c2cc3sc4ccccc4c3cc21. The first-order valence-electron chi connectivity index (χ1n) is 18.2. The van der Waals surface area contributed by atoms with Crippen molar-refractivity contribution in [3.8, 4) is 44.5 Å². The van der Waals surface area contributed by atoms with Crippen LogP contribution >= 0.6 is 11.3 Å². The maximum absolute atomic E-state index is 2.48. The summed E-state index contributed by atoms with van der Waals surface area (Å²) in [5.74, 6) is 0. The van der Waals surface area contributed by atoms with Gasteiger partial charge in [-0.05, 0) is 124 Å². The Hall–Kier alpha value is -6.02. The Kier molecular flexibility index (Phi) is 6.27. The number of fused-ring (bicyclic) bond motifs is 9. The highest BCUT2D eigenvalue weighted by Gasteiger charge is 2.36. The molecule has 1 heterocycles. The Bertz CT molecular complexity index is 3040. The smallest absolute Gasteiger partial charge is 0.0361 e. The summed E-state index contributed by atoms with van der Waals surface area (Å²) in [6, 6.07) is 63.6. The van der Waals surface area contributed by atoms with Crippen LogP contribution in [0.1, 0.15) is 25.0 Å². The Labute approximate surface area is 307 Å². The second kappa shape index (κ2) is 11.0. The average Bonchev–Trinajstić information content (AvgIpc) is 3.66. The van der Waals surface area contributed by atoms with Crippen LogP contribution in [-0.4, -0.2) is 0 Å². The lowest BCUT2D eigenvalue weighted by molar-refractivity contribution is 0.661. The summed E-state index contributed by atoms with van der Waals surface area (Å²) in [5.41, 5.74) is 13.0. The van der Waals surface area contributed by atoms with Crippen LogP contribution in [0.5, 0.6) is 0 Å². The van der Waals surface area contributed by atoms with Crippen molar-refractivity contribution in [3.63, 3.8) is 0 Å². The van der Waals surface area contributed by atoms with E-state index in [1.54, 1.807) is 0 Å². The molecular formula is C51H34S. The van der Waals surface area contributed by atoms with E-state index >= 15 is 0 Å². The van der Waals surface area contributed by atoms with E-state index in [-0.39, 0.29) is 5.41 Å². The lowest BCUT2D eigenvalue weighted by Crippen LogP contribution is -2.14. The molecule has 1 aromatic heterocycles. The molecular weight excluding hydrogens is 645 g/mol. The van der Waals surface area contributed by atoms with E-state index in [1.165, 1.54) is 108 Å². The van der Waals surface area contributed by atoms with Crippen molar-refractivity contribution in [2.45, 2.75) is 19.3 Å². The molecule has 0 fully saturated rings. The minimum atomic E-state index is -0.0789. The van der Waals surface area contributed by atoms with Gasteiger partial charge in [0, 0.05) is 25.6 Å². The standard InChI is InChI=1S/C51H34S/c1-51(2)45-25-24-36(28-42(45)43-30-48-44(29-46(43)51)37-16-9-10-21-47(37)52-48)50-40-19-7-5-17-38(40)49(39-18-6-8-20-41(39)50)35-15-11-14-33(27-35)34-23-22-31-12-3-4-13-32(31)26-34/h3-30H,1-2H3. The fourth-order valence-electron chi connectivity index (χ4n) is 9.10. The van der Waals surface area contributed by atoms with Crippen LogP contribution < -0.4 is 0 Å². The van der Waals surface area contributed by atoms with Crippen LogP contribution in [0.15, 0.2) is 170 Å². The zero-order valence-corrected chi connectivity index (χ0v) is 29.9. The van der Waals surface area contributed by atoms with E-state index in [0.29, 0.717) is 0 Å². The first-order chi connectivity index (χ1) is 25.5. The Morgan fingerprint density at radius 2 is 0.904 bits per heavy atom. The molecule has 0 N–H and O–H groups in total. The van der Waals surface area contributed by atoms with Crippen molar-refractivity contribution in [1.29, 1.82) is 0 Å².